The molecule has 37 heteroatoms. The molecule has 21 saturated heterocycles. The van der Waals surface area contributed by atoms with E-state index in [1.54, 1.807) is 0 Å². The molecule has 0 aliphatic carbocycles. The maximum Gasteiger partial charge on any atom is 0.187 e. The quantitative estimate of drug-likeness (QED) is 0.0913. The first-order valence-electron chi connectivity index (χ1n) is 26.5. The summed E-state index contributed by atoms with van der Waals surface area (Å²) in [7, 11) is 0. The fourth-order valence-electron chi connectivity index (χ4n) is 10.9. The van der Waals surface area contributed by atoms with Crippen molar-refractivity contribution in [3.8, 4) is 0 Å². The molecule has 0 amide bonds. The SMILES string of the molecule is NC(CO)CNC[C@H]1O[C@@H]2O[C@H]3[C@H](O)[C@@H](O)[C@@H](O[C@H]4[C@H](O)[C@@H](O)[C@@H](O[C@H]5[C@H](O)[C@@H](O)[C@@H](O[C@H]6[C@H](O)[C@@H](O)[C@@H](O[C@H]7[C@H](O)[C@@H](O)[C@@H](O[C@H]8[C@H](O)[C@@H](O)[C@@H](O[C@H]1[C@H](O)[C@H]2O)O[C@@H]8CO)O[C@@H]7CO)O[C@@H]6CO)O[C@@H]5CO)O[C@@H]4CO)O[C@@H]3CO. The van der Waals surface area contributed by atoms with Gasteiger partial charge in [-0.15, -0.1) is 0 Å². The van der Waals surface area contributed by atoms with Crippen LogP contribution in [0.2, 0.25) is 0 Å². The summed E-state index contributed by atoms with van der Waals surface area (Å²) in [6.45, 7) is -7.30. The number of nitrogens with one attached hydrogen (secondary N) is 1. The van der Waals surface area contributed by atoms with Gasteiger partial charge in [-0.2, -0.15) is 0 Å². The minimum absolute atomic E-state index is 0.112. The van der Waals surface area contributed by atoms with Gasteiger partial charge in [0.15, 0.2) is 44.0 Å². The zero-order chi connectivity index (χ0) is 59.8. The Morgan fingerprint density at radius 1 is 0.256 bits per heavy atom. The van der Waals surface area contributed by atoms with Crippen LogP contribution in [0.1, 0.15) is 0 Å². The van der Waals surface area contributed by atoms with E-state index in [0.29, 0.717) is 0 Å². The lowest BCUT2D eigenvalue weighted by atomic mass is 9.95. The van der Waals surface area contributed by atoms with Gasteiger partial charge in [-0.25, -0.2) is 0 Å². The fraction of sp³-hybridized carbons (Fsp3) is 1.00. The molecule has 0 saturated carbocycles. The van der Waals surface area contributed by atoms with Gasteiger partial charge in [-0.05, 0) is 0 Å². The molecular formula is C45H78N2O35. The highest BCUT2D eigenvalue weighted by Gasteiger charge is 2.59. The number of hydrogen-bond acceptors (Lipinski definition) is 37. The molecular weight excluding hydrogens is 1130 g/mol. The number of aliphatic hydroxyl groups is 21. The standard InChI is InChI=1S/C45H78N2O35/c46-10(3-48)1-47-2-11-32-18(55)25(62)39(69-11)77-33-12(4-49)71-41(27(64)20(33)57)79-35-14(6-51)73-43(29(66)22(35)59)81-37-16(8-53)75-45(31(68)24(37)61)82-38-17(9-54)74-44(30(67)23(38)60)80-36-15(7-52)72-42(28(65)21(36)58)78-34-13(5-50)70-40(76-32)26(63)19(34)56/h10-45,47-68H,1-9,46H2/t10?,11-,12-,13-,14-,15-,16-,17-,18-,19-,20-,21-,22-,23-,24-,25-,26-,27-,28-,29-,30-,31-,32-,33-,34-,35-,36-,37-,38-,39-,40-,41-,42-,43-,44-,45-/m1/s1. The van der Waals surface area contributed by atoms with Gasteiger partial charge >= 0.3 is 0 Å². The van der Waals surface area contributed by atoms with E-state index in [1.165, 1.54) is 0 Å². The average Bonchev–Trinajstić information content (AvgIpc) is 3.12. The molecule has 37 nitrogen and oxygen atoms in total. The van der Waals surface area contributed by atoms with E-state index in [1.807, 2.05) is 0 Å². The molecule has 21 rings (SSSR count). The van der Waals surface area contributed by atoms with Crippen LogP contribution in [0.3, 0.4) is 0 Å². The Hall–Kier alpha value is -1.48. The predicted octanol–water partition coefficient (Wildman–Crippen LogP) is -16.3. The number of hydrogen-bond donors (Lipinski definition) is 23. The molecule has 24 N–H and O–H groups in total. The minimum Gasteiger partial charge on any atom is -0.395 e. The Morgan fingerprint density at radius 3 is 0.598 bits per heavy atom. The molecule has 0 aromatic carbocycles. The lowest BCUT2D eigenvalue weighted by Crippen LogP contribution is -2.68. The monoisotopic (exact) mass is 1210 g/mol. The van der Waals surface area contributed by atoms with Crippen LogP contribution in [-0.2, 0) is 66.3 Å². The smallest absolute Gasteiger partial charge is 0.187 e. The Balaban J connectivity index is 1.09. The van der Waals surface area contributed by atoms with Crippen molar-refractivity contribution in [3.63, 3.8) is 0 Å². The molecule has 0 radical (unpaired) electrons. The van der Waals surface area contributed by atoms with Crippen LogP contribution in [-0.4, -0.2) is 388 Å². The van der Waals surface area contributed by atoms with Crippen molar-refractivity contribution >= 4 is 0 Å². The van der Waals surface area contributed by atoms with Gasteiger partial charge in [0, 0.05) is 19.1 Å². The van der Waals surface area contributed by atoms with E-state index in [9.17, 15) is 107 Å². The minimum atomic E-state index is -2.21. The van der Waals surface area contributed by atoms with Gasteiger partial charge in [-0.3, -0.25) is 0 Å². The third-order valence-corrected chi connectivity index (χ3v) is 15.6. The second-order valence-electron chi connectivity index (χ2n) is 21.1. The Bertz CT molecular complexity index is 1930. The molecule has 1 unspecified atom stereocenters. The number of nitrogens with two attached hydrogens (primary N) is 1. The van der Waals surface area contributed by atoms with Crippen LogP contribution in [0, 0.1) is 0 Å². The van der Waals surface area contributed by atoms with Crippen molar-refractivity contribution < 1.29 is 174 Å². The number of aliphatic hydroxyl groups excluding tert-OH is 21. The summed E-state index contributed by atoms with van der Waals surface area (Å²) < 4.78 is 80.7. The summed E-state index contributed by atoms with van der Waals surface area (Å²) in [6.07, 6.45) is -70.0. The predicted molar refractivity (Wildman–Crippen MR) is 249 cm³/mol. The topological polar surface area (TPSA) is 592 Å². The van der Waals surface area contributed by atoms with Crippen molar-refractivity contribution in [2.75, 3.05) is 59.3 Å². The maximum atomic E-state index is 11.7. The van der Waals surface area contributed by atoms with Crippen LogP contribution in [0.5, 0.6) is 0 Å². The Morgan fingerprint density at radius 2 is 0.427 bits per heavy atom. The van der Waals surface area contributed by atoms with Gasteiger partial charge in [0.1, 0.15) is 171 Å². The molecule has 82 heavy (non-hydrogen) atoms. The highest BCUT2D eigenvalue weighted by Crippen LogP contribution is 2.39. The van der Waals surface area contributed by atoms with Crippen LogP contribution >= 0.6 is 0 Å². The first-order chi connectivity index (χ1) is 39.0. The first kappa shape index (κ1) is 66.5. The third kappa shape index (κ3) is 13.6. The average molecular weight is 1210 g/mol. The largest absolute Gasteiger partial charge is 0.395 e. The van der Waals surface area contributed by atoms with Gasteiger partial charge in [0.25, 0.3) is 0 Å². The van der Waals surface area contributed by atoms with E-state index in [4.69, 9.17) is 72.0 Å². The summed E-state index contributed by atoms with van der Waals surface area (Å²) in [5.74, 6) is 0. The summed E-state index contributed by atoms with van der Waals surface area (Å²) >= 11 is 0. The molecule has 21 fully saturated rings. The molecule has 0 aromatic rings. The van der Waals surface area contributed by atoms with Gasteiger partial charge in [0.2, 0.25) is 0 Å². The van der Waals surface area contributed by atoms with Crippen molar-refractivity contribution in [1.82, 2.24) is 5.32 Å². The summed E-state index contributed by atoms with van der Waals surface area (Å²) in [4.78, 5) is 0. The Labute approximate surface area is 464 Å². The molecule has 21 aliphatic heterocycles. The summed E-state index contributed by atoms with van der Waals surface area (Å²) in [5.41, 5.74) is 5.85. The van der Waals surface area contributed by atoms with Crippen LogP contribution in [0.15, 0.2) is 0 Å². The number of rotatable bonds is 11. The van der Waals surface area contributed by atoms with Crippen molar-refractivity contribution in [1.29, 1.82) is 0 Å². The van der Waals surface area contributed by atoms with Crippen molar-refractivity contribution in [2.45, 2.75) is 221 Å². The number of ether oxygens (including phenoxy) is 14. The van der Waals surface area contributed by atoms with Gasteiger partial charge in [0.05, 0.1) is 46.2 Å². The maximum absolute atomic E-state index is 11.7. The van der Waals surface area contributed by atoms with Crippen molar-refractivity contribution in [3.05, 3.63) is 0 Å². The van der Waals surface area contributed by atoms with Gasteiger partial charge < -0.3 is 185 Å². The van der Waals surface area contributed by atoms with Crippen molar-refractivity contribution in [2.24, 2.45) is 5.73 Å². The lowest BCUT2D eigenvalue weighted by molar-refractivity contribution is -0.396. The zero-order valence-corrected chi connectivity index (χ0v) is 43.3. The highest BCUT2D eigenvalue weighted by atomic mass is 16.8. The van der Waals surface area contributed by atoms with Gasteiger partial charge in [-0.1, -0.05) is 0 Å². The highest BCUT2D eigenvalue weighted by molar-refractivity contribution is 5.02. The van der Waals surface area contributed by atoms with E-state index in [2.05, 4.69) is 5.32 Å². The van der Waals surface area contributed by atoms with E-state index >= 15 is 0 Å². The molecule has 0 aromatic heterocycles. The van der Waals surface area contributed by atoms with E-state index in [-0.39, 0.29) is 13.1 Å². The zero-order valence-electron chi connectivity index (χ0n) is 43.3. The normalized spacial score (nSPS) is 53.1. The molecule has 0 spiro atoms. The fourth-order valence-corrected chi connectivity index (χ4v) is 10.9. The summed E-state index contributed by atoms with van der Waals surface area (Å²) in [6, 6.07) is -0.859. The molecule has 36 atom stereocenters. The second kappa shape index (κ2) is 28.8. The second-order valence-corrected chi connectivity index (χ2v) is 21.1. The summed E-state index contributed by atoms with van der Waals surface area (Å²) in [5, 5.41) is 235. The Kier molecular flexibility index (Phi) is 23.3. The van der Waals surface area contributed by atoms with Crippen LogP contribution in [0.4, 0.5) is 0 Å². The molecule has 21 aliphatic rings. The molecule has 14 bridgehead atoms. The molecule has 21 heterocycles. The van der Waals surface area contributed by atoms with Crippen LogP contribution < -0.4 is 11.1 Å². The van der Waals surface area contributed by atoms with Crippen LogP contribution in [0.25, 0.3) is 0 Å². The van der Waals surface area contributed by atoms with E-state index in [0.717, 1.165) is 0 Å². The molecule has 478 valence electrons. The lowest BCUT2D eigenvalue weighted by Gasteiger charge is -2.50. The first-order valence-corrected chi connectivity index (χ1v) is 26.5. The third-order valence-electron chi connectivity index (χ3n) is 15.6. The van der Waals surface area contributed by atoms with E-state index < -0.39 is 267 Å².